The first-order valence-electron chi connectivity index (χ1n) is 9.05. The van der Waals surface area contributed by atoms with Crippen LogP contribution in [0.3, 0.4) is 0 Å². The van der Waals surface area contributed by atoms with Crippen molar-refractivity contribution < 1.29 is 0 Å². The summed E-state index contributed by atoms with van der Waals surface area (Å²) in [6.07, 6.45) is 9.83. The van der Waals surface area contributed by atoms with Crippen LogP contribution in [0.4, 0.5) is 0 Å². The number of unbranched alkanes of at least 4 members (excludes halogenated alkanes) is 3. The molecule has 1 unspecified atom stereocenters. The minimum Gasteiger partial charge on any atom is -0.315 e. The van der Waals surface area contributed by atoms with Gasteiger partial charge in [0.1, 0.15) is 0 Å². The van der Waals surface area contributed by atoms with Gasteiger partial charge in [0.05, 0.1) is 0 Å². The van der Waals surface area contributed by atoms with E-state index in [0.717, 1.165) is 11.8 Å². The van der Waals surface area contributed by atoms with Crippen LogP contribution >= 0.6 is 0 Å². The summed E-state index contributed by atoms with van der Waals surface area (Å²) in [6, 6.07) is 0.640. The number of likely N-dealkylation sites (tertiary alicyclic amines) is 1. The molecule has 1 atom stereocenters. The average Bonchev–Trinajstić information content (AvgIpc) is 2.63. The smallest absolute Gasteiger partial charge is 0.00103 e. The van der Waals surface area contributed by atoms with Crippen LogP contribution in [0.1, 0.15) is 72.6 Å². The molecule has 1 N–H and O–H groups in total. The molecule has 0 aromatic heterocycles. The fourth-order valence-electron chi connectivity index (χ4n) is 3.28. The molecular formula is C18H38N2. The third-order valence-electron chi connectivity index (χ3n) is 4.76. The normalized spacial score (nSPS) is 21.6. The third kappa shape index (κ3) is 8.26. The number of nitrogens with zero attached hydrogens (tertiary/aromatic N) is 1. The van der Waals surface area contributed by atoms with Crippen molar-refractivity contribution >= 4 is 0 Å². The van der Waals surface area contributed by atoms with E-state index in [-0.39, 0.29) is 0 Å². The maximum atomic E-state index is 3.50. The van der Waals surface area contributed by atoms with Gasteiger partial charge in [0.15, 0.2) is 0 Å². The Morgan fingerprint density at radius 2 is 1.70 bits per heavy atom. The Bertz CT molecular complexity index is 225. The van der Waals surface area contributed by atoms with Gasteiger partial charge in [-0.25, -0.2) is 0 Å². The van der Waals surface area contributed by atoms with E-state index in [1.54, 1.807) is 0 Å². The zero-order chi connectivity index (χ0) is 14.8. The second-order valence-electron chi connectivity index (χ2n) is 7.30. The van der Waals surface area contributed by atoms with Gasteiger partial charge in [0.2, 0.25) is 0 Å². The first-order chi connectivity index (χ1) is 9.59. The third-order valence-corrected chi connectivity index (χ3v) is 4.76. The first kappa shape index (κ1) is 18.0. The van der Waals surface area contributed by atoms with Gasteiger partial charge in [0, 0.05) is 6.04 Å². The molecule has 0 aliphatic carbocycles. The van der Waals surface area contributed by atoms with Crippen molar-refractivity contribution in [1.29, 1.82) is 0 Å². The van der Waals surface area contributed by atoms with E-state index in [2.05, 4.69) is 37.9 Å². The molecule has 1 aliphatic heterocycles. The van der Waals surface area contributed by atoms with E-state index >= 15 is 0 Å². The second-order valence-corrected chi connectivity index (χ2v) is 7.30. The van der Waals surface area contributed by atoms with Crippen LogP contribution in [0.15, 0.2) is 0 Å². The molecule has 0 bridgehead atoms. The van der Waals surface area contributed by atoms with Gasteiger partial charge in [-0.1, -0.05) is 40.5 Å². The van der Waals surface area contributed by atoms with Crippen LogP contribution in [0.2, 0.25) is 0 Å². The van der Waals surface area contributed by atoms with Gasteiger partial charge >= 0.3 is 0 Å². The maximum Gasteiger partial charge on any atom is 0.00103 e. The van der Waals surface area contributed by atoms with E-state index in [4.69, 9.17) is 0 Å². The van der Waals surface area contributed by atoms with E-state index in [9.17, 15) is 0 Å². The number of hydrogen-bond acceptors (Lipinski definition) is 2. The Hall–Kier alpha value is -0.0800. The molecule has 0 aromatic carbocycles. The predicted octanol–water partition coefficient (Wildman–Crippen LogP) is 4.30. The van der Waals surface area contributed by atoms with Crippen molar-refractivity contribution in [3.8, 4) is 0 Å². The van der Waals surface area contributed by atoms with E-state index < -0.39 is 0 Å². The van der Waals surface area contributed by atoms with Gasteiger partial charge in [-0.15, -0.1) is 0 Å². The number of hydrogen-bond donors (Lipinski definition) is 1. The lowest BCUT2D eigenvalue weighted by Gasteiger charge is -2.21. The molecule has 120 valence electrons. The van der Waals surface area contributed by atoms with Gasteiger partial charge in [-0.05, 0) is 70.1 Å². The molecule has 20 heavy (non-hydrogen) atoms. The molecule has 1 aliphatic rings. The van der Waals surface area contributed by atoms with Crippen molar-refractivity contribution in [1.82, 2.24) is 10.2 Å². The largest absolute Gasteiger partial charge is 0.315 e. The van der Waals surface area contributed by atoms with Gasteiger partial charge in [-0.3, -0.25) is 0 Å². The fraction of sp³-hybridized carbons (Fsp3) is 1.00. The summed E-state index contributed by atoms with van der Waals surface area (Å²) in [6.45, 7) is 14.5. The van der Waals surface area contributed by atoms with Gasteiger partial charge < -0.3 is 10.2 Å². The molecule has 0 saturated carbocycles. The van der Waals surface area contributed by atoms with Crippen LogP contribution in [0.5, 0.6) is 0 Å². The minimum atomic E-state index is 0.640. The van der Waals surface area contributed by atoms with Crippen molar-refractivity contribution in [2.24, 2.45) is 11.8 Å². The molecule has 2 heteroatoms. The topological polar surface area (TPSA) is 15.3 Å². The summed E-state index contributed by atoms with van der Waals surface area (Å²) in [7, 11) is 0. The Kier molecular flexibility index (Phi) is 9.54. The lowest BCUT2D eigenvalue weighted by molar-refractivity contribution is 0.266. The maximum absolute atomic E-state index is 3.50. The Labute approximate surface area is 127 Å². The van der Waals surface area contributed by atoms with Crippen molar-refractivity contribution in [3.05, 3.63) is 0 Å². The van der Waals surface area contributed by atoms with Gasteiger partial charge in [-0.2, -0.15) is 0 Å². The van der Waals surface area contributed by atoms with Gasteiger partial charge in [0.25, 0.3) is 0 Å². The van der Waals surface area contributed by atoms with E-state index in [1.165, 1.54) is 71.1 Å². The molecule has 0 radical (unpaired) electrons. The summed E-state index contributed by atoms with van der Waals surface area (Å²) in [4.78, 5) is 2.72. The standard InChI is InChI=1S/C18H38N2/c1-16(2)18-10-9-14-20(15-11-18)13-8-6-5-7-12-19-17(3)4/h16-19H,5-15H2,1-4H3. The minimum absolute atomic E-state index is 0.640. The van der Waals surface area contributed by atoms with Crippen LogP contribution in [-0.4, -0.2) is 37.1 Å². The lowest BCUT2D eigenvalue weighted by Crippen LogP contribution is -2.26. The quantitative estimate of drug-likeness (QED) is 0.634. The van der Waals surface area contributed by atoms with E-state index in [0.29, 0.717) is 6.04 Å². The zero-order valence-corrected chi connectivity index (χ0v) is 14.5. The predicted molar refractivity (Wildman–Crippen MR) is 90.2 cm³/mol. The van der Waals surface area contributed by atoms with Crippen LogP contribution in [-0.2, 0) is 0 Å². The fourth-order valence-corrected chi connectivity index (χ4v) is 3.28. The summed E-state index contributed by atoms with van der Waals surface area (Å²) >= 11 is 0. The van der Waals surface area contributed by atoms with E-state index in [1.807, 2.05) is 0 Å². The Balaban J connectivity index is 1.99. The average molecular weight is 283 g/mol. The summed E-state index contributed by atoms with van der Waals surface area (Å²) in [5.41, 5.74) is 0. The lowest BCUT2D eigenvalue weighted by atomic mass is 9.89. The highest BCUT2D eigenvalue weighted by atomic mass is 15.1. The number of rotatable bonds is 9. The van der Waals surface area contributed by atoms with Crippen molar-refractivity contribution in [2.75, 3.05) is 26.2 Å². The van der Waals surface area contributed by atoms with Crippen LogP contribution < -0.4 is 5.32 Å². The van der Waals surface area contributed by atoms with Crippen LogP contribution in [0, 0.1) is 11.8 Å². The highest BCUT2D eigenvalue weighted by molar-refractivity contribution is 4.72. The molecular weight excluding hydrogens is 244 g/mol. The van der Waals surface area contributed by atoms with Crippen LogP contribution in [0.25, 0.3) is 0 Å². The molecule has 1 fully saturated rings. The molecule has 0 aromatic rings. The summed E-state index contributed by atoms with van der Waals surface area (Å²) < 4.78 is 0. The summed E-state index contributed by atoms with van der Waals surface area (Å²) in [5.74, 6) is 1.85. The molecule has 0 spiro atoms. The highest BCUT2D eigenvalue weighted by Crippen LogP contribution is 2.24. The first-order valence-corrected chi connectivity index (χ1v) is 9.05. The van der Waals surface area contributed by atoms with Crippen molar-refractivity contribution in [2.45, 2.75) is 78.7 Å². The summed E-state index contributed by atoms with van der Waals surface area (Å²) in [5, 5.41) is 3.50. The molecule has 1 heterocycles. The monoisotopic (exact) mass is 282 g/mol. The molecule has 2 nitrogen and oxygen atoms in total. The molecule has 1 rings (SSSR count). The number of nitrogens with one attached hydrogen (secondary N) is 1. The SMILES string of the molecule is CC(C)NCCCCCCN1CCCC(C(C)C)CC1. The zero-order valence-electron chi connectivity index (χ0n) is 14.5. The second kappa shape index (κ2) is 10.6. The Morgan fingerprint density at radius 1 is 0.950 bits per heavy atom. The molecule has 0 amide bonds. The molecule has 1 saturated heterocycles. The Morgan fingerprint density at radius 3 is 2.40 bits per heavy atom. The highest BCUT2D eigenvalue weighted by Gasteiger charge is 2.18. The van der Waals surface area contributed by atoms with Crippen molar-refractivity contribution in [3.63, 3.8) is 0 Å².